The lowest BCUT2D eigenvalue weighted by atomic mass is 9.64. The minimum atomic E-state index is -0.728. The van der Waals surface area contributed by atoms with Crippen LogP contribution in [0, 0.1) is 5.41 Å². The van der Waals surface area contributed by atoms with Crippen LogP contribution in [0.3, 0.4) is 0 Å². The number of rotatable bonds is 1. The van der Waals surface area contributed by atoms with Gasteiger partial charge in [-0.2, -0.15) is 0 Å². The van der Waals surface area contributed by atoms with Crippen LogP contribution < -0.4 is 0 Å². The maximum absolute atomic E-state index is 10.8. The van der Waals surface area contributed by atoms with Gasteiger partial charge in [0.2, 0.25) is 0 Å². The van der Waals surface area contributed by atoms with Crippen molar-refractivity contribution in [3.8, 4) is 5.75 Å². The molecule has 0 heterocycles. The molecule has 0 amide bonds. The first kappa shape index (κ1) is 15.6. The highest BCUT2D eigenvalue weighted by atomic mass is 16.3. The fourth-order valence-electron chi connectivity index (χ4n) is 4.13. The molecule has 3 unspecified atom stereocenters. The van der Waals surface area contributed by atoms with Gasteiger partial charge >= 0.3 is 0 Å². The summed E-state index contributed by atoms with van der Waals surface area (Å²) in [5, 5.41) is 31.6. The molecule has 2 aliphatic carbocycles. The van der Waals surface area contributed by atoms with E-state index in [1.54, 1.807) is 12.1 Å². The number of phenolic OH excluding ortho intramolecular Hbond substituents is 1. The first-order valence-corrected chi connectivity index (χ1v) is 8.10. The average Bonchev–Trinajstić information content (AvgIpc) is 2.47. The zero-order chi connectivity index (χ0) is 16.3. The van der Waals surface area contributed by atoms with E-state index in [4.69, 9.17) is 0 Å². The van der Waals surface area contributed by atoms with Crippen LogP contribution in [0.1, 0.15) is 62.0 Å². The number of phenols is 1. The number of benzene rings is 1. The van der Waals surface area contributed by atoms with Crippen molar-refractivity contribution in [1.29, 1.82) is 0 Å². The summed E-state index contributed by atoms with van der Waals surface area (Å²) < 4.78 is 0. The smallest absolute Gasteiger partial charge is 0.122 e. The van der Waals surface area contributed by atoms with Gasteiger partial charge in [-0.1, -0.05) is 26.8 Å². The molecule has 0 radical (unpaired) electrons. The molecule has 1 aromatic rings. The second-order valence-corrected chi connectivity index (χ2v) is 7.70. The van der Waals surface area contributed by atoms with Crippen molar-refractivity contribution in [2.24, 2.45) is 5.41 Å². The molecule has 0 saturated carbocycles. The van der Waals surface area contributed by atoms with E-state index < -0.39 is 17.6 Å². The van der Waals surface area contributed by atoms with E-state index in [0.717, 1.165) is 36.8 Å². The van der Waals surface area contributed by atoms with Gasteiger partial charge in [0, 0.05) is 16.4 Å². The van der Waals surface area contributed by atoms with E-state index in [-0.39, 0.29) is 11.2 Å². The van der Waals surface area contributed by atoms with E-state index in [9.17, 15) is 15.3 Å². The summed E-state index contributed by atoms with van der Waals surface area (Å²) in [5.41, 5.74) is 3.22. The van der Waals surface area contributed by atoms with E-state index in [0.29, 0.717) is 5.56 Å². The van der Waals surface area contributed by atoms with Crippen molar-refractivity contribution < 1.29 is 15.3 Å². The topological polar surface area (TPSA) is 60.7 Å². The fraction of sp³-hybridized carbons (Fsp3) is 0.579. The lowest BCUT2D eigenvalue weighted by Gasteiger charge is -2.43. The van der Waals surface area contributed by atoms with Crippen LogP contribution in [0.25, 0.3) is 0 Å². The van der Waals surface area contributed by atoms with E-state index >= 15 is 0 Å². The molecule has 22 heavy (non-hydrogen) atoms. The summed E-state index contributed by atoms with van der Waals surface area (Å²) in [6.07, 6.45) is 3.86. The van der Waals surface area contributed by atoms with Crippen LogP contribution in [0.15, 0.2) is 18.7 Å². The molecule has 3 nitrogen and oxygen atoms in total. The van der Waals surface area contributed by atoms with E-state index in [2.05, 4.69) is 6.58 Å². The Morgan fingerprint density at radius 2 is 1.86 bits per heavy atom. The van der Waals surface area contributed by atoms with Gasteiger partial charge in [-0.15, -0.1) is 6.58 Å². The second-order valence-electron chi connectivity index (χ2n) is 7.70. The van der Waals surface area contributed by atoms with Gasteiger partial charge in [0.1, 0.15) is 5.75 Å². The van der Waals surface area contributed by atoms with Crippen LogP contribution in [-0.4, -0.2) is 21.4 Å². The summed E-state index contributed by atoms with van der Waals surface area (Å²) in [4.78, 5) is 0. The van der Waals surface area contributed by atoms with Crippen molar-refractivity contribution in [3.63, 3.8) is 0 Å². The molecule has 120 valence electrons. The molecule has 0 aromatic heterocycles. The van der Waals surface area contributed by atoms with Gasteiger partial charge in [0.25, 0.3) is 0 Å². The average molecular weight is 302 g/mol. The summed E-state index contributed by atoms with van der Waals surface area (Å²) in [6.45, 7) is 9.89. The third-order valence-electron chi connectivity index (χ3n) is 6.04. The predicted octanol–water partition coefficient (Wildman–Crippen LogP) is 3.15. The number of fused-ring (bicyclic) bond motifs is 3. The minimum Gasteiger partial charge on any atom is -0.508 e. The molecule has 0 bridgehead atoms. The maximum Gasteiger partial charge on any atom is 0.122 e. The van der Waals surface area contributed by atoms with Gasteiger partial charge in [0.05, 0.1) is 12.2 Å². The molecular weight excluding hydrogens is 276 g/mol. The second kappa shape index (κ2) is 4.84. The van der Waals surface area contributed by atoms with Crippen molar-refractivity contribution in [3.05, 3.63) is 41.0 Å². The van der Waals surface area contributed by atoms with Crippen LogP contribution in [0.5, 0.6) is 5.75 Å². The summed E-state index contributed by atoms with van der Waals surface area (Å²) in [7, 11) is 0. The summed E-state index contributed by atoms with van der Waals surface area (Å²) in [6, 6.07) is 1.76. The van der Waals surface area contributed by atoms with Crippen molar-refractivity contribution >= 4 is 0 Å². The molecule has 0 saturated heterocycles. The Morgan fingerprint density at radius 1 is 1.18 bits per heavy atom. The quantitative estimate of drug-likeness (QED) is 0.698. The van der Waals surface area contributed by atoms with Crippen LogP contribution in [0.2, 0.25) is 0 Å². The van der Waals surface area contributed by atoms with Gasteiger partial charge in [0.15, 0.2) is 0 Å². The molecule has 2 aliphatic rings. The van der Waals surface area contributed by atoms with E-state index in [1.165, 1.54) is 5.56 Å². The number of aliphatic hydroxyl groups is 2. The number of hydrogen-bond donors (Lipinski definition) is 3. The Bertz CT molecular complexity index is 632. The number of aromatic hydroxyl groups is 1. The van der Waals surface area contributed by atoms with Gasteiger partial charge in [-0.05, 0) is 48.4 Å². The standard InChI is InChI=1S/C19H26O3/c1-5-19(4)9-8-12-11-6-7-15(21)18(2,3)13(11)10-14(20)16(12)17(19)22/h5,10,15,17,20-22H,1,6-9H2,2-4H3. The Morgan fingerprint density at radius 3 is 2.50 bits per heavy atom. The van der Waals surface area contributed by atoms with Crippen molar-refractivity contribution in [1.82, 2.24) is 0 Å². The van der Waals surface area contributed by atoms with Crippen molar-refractivity contribution in [2.45, 2.75) is 64.1 Å². The van der Waals surface area contributed by atoms with Gasteiger partial charge < -0.3 is 15.3 Å². The summed E-state index contributed by atoms with van der Waals surface area (Å²) >= 11 is 0. The molecule has 0 fully saturated rings. The van der Waals surface area contributed by atoms with Crippen molar-refractivity contribution in [2.75, 3.05) is 0 Å². The molecular formula is C19H26O3. The summed E-state index contributed by atoms with van der Waals surface area (Å²) in [5.74, 6) is 0.149. The lowest BCUT2D eigenvalue weighted by molar-refractivity contribution is 0.0509. The normalized spacial score (nSPS) is 33.0. The Labute approximate surface area is 132 Å². The maximum atomic E-state index is 10.8. The molecule has 1 aromatic carbocycles. The molecule has 3 atom stereocenters. The predicted molar refractivity (Wildman–Crippen MR) is 87.0 cm³/mol. The van der Waals surface area contributed by atoms with Crippen LogP contribution >= 0.6 is 0 Å². The third kappa shape index (κ3) is 1.95. The molecule has 3 rings (SSSR count). The first-order chi connectivity index (χ1) is 10.2. The molecule has 3 heteroatoms. The highest BCUT2D eigenvalue weighted by molar-refractivity contribution is 5.55. The minimum absolute atomic E-state index is 0.149. The SMILES string of the molecule is C=CC1(C)CCc2c3c(cc(O)c2C1O)C(C)(C)C(O)CC3. The Kier molecular flexibility index (Phi) is 3.42. The zero-order valence-electron chi connectivity index (χ0n) is 13.7. The monoisotopic (exact) mass is 302 g/mol. The molecule has 0 spiro atoms. The fourth-order valence-corrected chi connectivity index (χ4v) is 4.13. The zero-order valence-corrected chi connectivity index (χ0v) is 13.7. The van der Waals surface area contributed by atoms with Crippen LogP contribution in [0.4, 0.5) is 0 Å². The highest BCUT2D eigenvalue weighted by Gasteiger charge is 2.43. The van der Waals surface area contributed by atoms with Gasteiger partial charge in [-0.3, -0.25) is 0 Å². The Balaban J connectivity index is 2.22. The molecule has 3 N–H and O–H groups in total. The first-order valence-electron chi connectivity index (χ1n) is 8.10. The Hall–Kier alpha value is -1.32. The number of aliphatic hydroxyl groups excluding tert-OH is 2. The highest BCUT2D eigenvalue weighted by Crippen LogP contribution is 2.51. The van der Waals surface area contributed by atoms with E-state index in [1.807, 2.05) is 20.8 Å². The van der Waals surface area contributed by atoms with Crippen LogP contribution in [-0.2, 0) is 18.3 Å². The lowest BCUT2D eigenvalue weighted by Crippen LogP contribution is -2.40. The number of hydrogen-bond acceptors (Lipinski definition) is 3. The molecule has 0 aliphatic heterocycles. The largest absolute Gasteiger partial charge is 0.508 e. The van der Waals surface area contributed by atoms with Gasteiger partial charge in [-0.25, -0.2) is 0 Å². The third-order valence-corrected chi connectivity index (χ3v) is 6.04.